The molecule has 5 rings (SSSR count). The van der Waals surface area contributed by atoms with E-state index in [9.17, 15) is 23.2 Å². The van der Waals surface area contributed by atoms with Crippen molar-refractivity contribution in [3.05, 3.63) is 35.9 Å². The van der Waals surface area contributed by atoms with Crippen molar-refractivity contribution in [2.75, 3.05) is 20.1 Å². The lowest BCUT2D eigenvalue weighted by Gasteiger charge is -2.47. The Morgan fingerprint density at radius 3 is 2.27 bits per heavy atom. The Morgan fingerprint density at radius 2 is 1.68 bits per heavy atom. The Labute approximate surface area is 236 Å². The fourth-order valence-corrected chi connectivity index (χ4v) is 7.53. The van der Waals surface area contributed by atoms with Gasteiger partial charge in [-0.3, -0.25) is 19.4 Å². The lowest BCUT2D eigenvalue weighted by molar-refractivity contribution is -0.137. The largest absolute Gasteiger partial charge is 0.349 e. The molecule has 1 aromatic rings. The monoisotopic (exact) mass is 558 g/mol. The SMILES string of the molecule is CC[C@H](C)CN1C(=O)N(C)C(=O)C12CC1CCC(C2)N1CC[C@H](NC(=O)C1CCC(F)(F)CC1)c1ccccc1. The average Bonchev–Trinajstić information content (AvgIpc) is 3.28. The van der Waals surface area contributed by atoms with Gasteiger partial charge in [0.25, 0.3) is 5.91 Å². The second-order valence-electron chi connectivity index (χ2n) is 12.7. The van der Waals surface area contributed by atoms with Crippen molar-refractivity contribution >= 4 is 17.8 Å². The molecule has 4 amide bonds. The summed E-state index contributed by atoms with van der Waals surface area (Å²) in [5.41, 5.74) is 0.254. The van der Waals surface area contributed by atoms with Crippen molar-refractivity contribution in [2.45, 2.75) is 108 Å². The van der Waals surface area contributed by atoms with E-state index in [0.717, 1.165) is 31.4 Å². The van der Waals surface area contributed by atoms with E-state index in [2.05, 4.69) is 24.1 Å². The molecule has 0 radical (unpaired) electrons. The number of likely N-dealkylation sites (N-methyl/N-ethyl adjacent to an activating group) is 1. The number of carbonyl (C=O) groups excluding carboxylic acids is 3. The molecule has 1 aromatic carbocycles. The van der Waals surface area contributed by atoms with Crippen LogP contribution in [0.2, 0.25) is 0 Å². The van der Waals surface area contributed by atoms with Crippen LogP contribution in [0.5, 0.6) is 0 Å². The maximum atomic E-state index is 13.7. The van der Waals surface area contributed by atoms with E-state index in [0.29, 0.717) is 31.7 Å². The van der Waals surface area contributed by atoms with Gasteiger partial charge in [0.2, 0.25) is 11.8 Å². The van der Waals surface area contributed by atoms with Crippen molar-refractivity contribution in [1.82, 2.24) is 20.0 Å². The number of benzene rings is 1. The molecule has 3 heterocycles. The van der Waals surface area contributed by atoms with Gasteiger partial charge in [0.1, 0.15) is 5.54 Å². The predicted molar refractivity (Wildman–Crippen MR) is 149 cm³/mol. The predicted octanol–water partition coefficient (Wildman–Crippen LogP) is 5.37. The van der Waals surface area contributed by atoms with Crippen molar-refractivity contribution in [2.24, 2.45) is 11.8 Å². The Bertz CT molecular complexity index is 1080. The number of piperidine rings is 1. The Hall–Kier alpha value is -2.55. The summed E-state index contributed by atoms with van der Waals surface area (Å²) in [7, 11) is 1.61. The number of carbonyl (C=O) groups is 3. The van der Waals surface area contributed by atoms with Crippen molar-refractivity contribution in [1.29, 1.82) is 0 Å². The fraction of sp³-hybridized carbons (Fsp3) is 0.710. The first-order valence-corrected chi connectivity index (χ1v) is 15.1. The third kappa shape index (κ3) is 5.50. The average molecular weight is 559 g/mol. The number of nitrogens with zero attached hydrogens (tertiary/aromatic N) is 3. The van der Waals surface area contributed by atoms with Gasteiger partial charge in [-0.25, -0.2) is 13.6 Å². The van der Waals surface area contributed by atoms with Gasteiger partial charge in [-0.05, 0) is 56.4 Å². The van der Waals surface area contributed by atoms with Gasteiger partial charge in [-0.1, -0.05) is 50.6 Å². The number of nitrogens with one attached hydrogen (secondary N) is 1. The van der Waals surface area contributed by atoms with E-state index in [1.165, 1.54) is 4.90 Å². The number of rotatable bonds is 9. The number of hydrogen-bond donors (Lipinski definition) is 1. The van der Waals surface area contributed by atoms with Crippen LogP contribution in [-0.2, 0) is 9.59 Å². The standard InChI is InChI=1S/C31H44F2N4O3/c1-4-21(2)20-37-29(40)35(3)28(39)30(37)18-24-10-11-25(19-30)36(24)17-14-26(22-8-6-5-7-9-22)34-27(38)23-12-15-31(32,33)16-13-23/h5-9,21,23-26H,4,10-20H2,1-3H3,(H,34,38)/t21-,24?,25?,26-,30?/m0/s1. The number of halogens is 2. The molecule has 40 heavy (non-hydrogen) atoms. The van der Waals surface area contributed by atoms with Crippen LogP contribution in [0.4, 0.5) is 13.6 Å². The van der Waals surface area contributed by atoms with E-state index in [-0.39, 0.29) is 67.6 Å². The molecule has 1 spiro atoms. The Balaban J connectivity index is 1.28. The van der Waals surface area contributed by atoms with E-state index in [4.69, 9.17) is 0 Å². The number of urea groups is 1. The van der Waals surface area contributed by atoms with Gasteiger partial charge < -0.3 is 10.2 Å². The maximum Gasteiger partial charge on any atom is 0.327 e. The quantitative estimate of drug-likeness (QED) is 0.414. The molecule has 3 aliphatic heterocycles. The zero-order chi connectivity index (χ0) is 28.7. The summed E-state index contributed by atoms with van der Waals surface area (Å²) in [5.74, 6) is -2.92. The highest BCUT2D eigenvalue weighted by molar-refractivity contribution is 6.07. The number of hydrogen-bond acceptors (Lipinski definition) is 4. The fourth-order valence-electron chi connectivity index (χ4n) is 7.53. The molecule has 1 aliphatic carbocycles. The van der Waals surface area contributed by atoms with Crippen LogP contribution in [0.15, 0.2) is 30.3 Å². The van der Waals surface area contributed by atoms with Gasteiger partial charge in [-0.2, -0.15) is 0 Å². The molecule has 9 heteroatoms. The second kappa shape index (κ2) is 11.4. The minimum absolute atomic E-state index is 0.0650. The smallest absolute Gasteiger partial charge is 0.327 e. The topological polar surface area (TPSA) is 73.0 Å². The molecule has 4 atom stereocenters. The normalized spacial score (nSPS) is 30.2. The van der Waals surface area contributed by atoms with Gasteiger partial charge in [-0.15, -0.1) is 0 Å². The zero-order valence-corrected chi connectivity index (χ0v) is 24.1. The number of imide groups is 1. The van der Waals surface area contributed by atoms with Crippen molar-refractivity contribution < 1.29 is 23.2 Å². The van der Waals surface area contributed by atoms with Crippen molar-refractivity contribution in [3.63, 3.8) is 0 Å². The molecule has 7 nitrogen and oxygen atoms in total. The zero-order valence-electron chi connectivity index (χ0n) is 24.1. The third-order valence-electron chi connectivity index (χ3n) is 10.1. The maximum absolute atomic E-state index is 13.7. The van der Waals surface area contributed by atoms with Crippen LogP contribution in [0, 0.1) is 11.8 Å². The Kier molecular flexibility index (Phi) is 8.24. The van der Waals surface area contributed by atoms with E-state index in [1.807, 2.05) is 35.2 Å². The van der Waals surface area contributed by atoms with E-state index >= 15 is 0 Å². The highest BCUT2D eigenvalue weighted by Crippen LogP contribution is 2.47. The van der Waals surface area contributed by atoms with Crippen LogP contribution >= 0.6 is 0 Å². The third-order valence-corrected chi connectivity index (χ3v) is 10.1. The molecular weight excluding hydrogens is 514 g/mol. The van der Waals surface area contributed by atoms with Crippen LogP contribution in [-0.4, -0.2) is 76.2 Å². The van der Waals surface area contributed by atoms with E-state index < -0.39 is 11.5 Å². The second-order valence-corrected chi connectivity index (χ2v) is 12.7. The summed E-state index contributed by atoms with van der Waals surface area (Å²) in [4.78, 5) is 45.5. The van der Waals surface area contributed by atoms with Crippen LogP contribution in [0.25, 0.3) is 0 Å². The number of fused-ring (bicyclic) bond motifs is 2. The first kappa shape index (κ1) is 29.0. The molecule has 220 valence electrons. The molecular formula is C31H44F2N4O3. The molecule has 1 saturated carbocycles. The molecule has 4 aliphatic rings. The summed E-state index contributed by atoms with van der Waals surface area (Å²) in [5, 5.41) is 3.20. The number of alkyl halides is 2. The van der Waals surface area contributed by atoms with Gasteiger partial charge >= 0.3 is 6.03 Å². The van der Waals surface area contributed by atoms with Crippen LogP contribution < -0.4 is 5.32 Å². The Morgan fingerprint density at radius 1 is 1.05 bits per heavy atom. The summed E-state index contributed by atoms with van der Waals surface area (Å²) in [6, 6.07) is 9.88. The van der Waals surface area contributed by atoms with Crippen molar-refractivity contribution in [3.8, 4) is 0 Å². The summed E-state index contributed by atoms with van der Waals surface area (Å²) >= 11 is 0. The summed E-state index contributed by atoms with van der Waals surface area (Å²) in [6.45, 7) is 5.60. The molecule has 2 unspecified atom stereocenters. The summed E-state index contributed by atoms with van der Waals surface area (Å²) < 4.78 is 27.3. The first-order chi connectivity index (χ1) is 19.0. The molecule has 4 fully saturated rings. The lowest BCUT2D eigenvalue weighted by atomic mass is 9.80. The first-order valence-electron chi connectivity index (χ1n) is 15.1. The molecule has 3 saturated heterocycles. The van der Waals surface area contributed by atoms with Gasteiger partial charge in [0.05, 0.1) is 6.04 Å². The minimum atomic E-state index is -2.66. The molecule has 0 aromatic heterocycles. The van der Waals surface area contributed by atoms with Gasteiger partial charge in [0.15, 0.2) is 0 Å². The minimum Gasteiger partial charge on any atom is -0.349 e. The number of amides is 4. The van der Waals surface area contributed by atoms with Gasteiger partial charge in [0, 0.05) is 51.0 Å². The summed E-state index contributed by atoms with van der Waals surface area (Å²) in [6.07, 6.45) is 4.89. The highest BCUT2D eigenvalue weighted by atomic mass is 19.3. The molecule has 2 bridgehead atoms. The lowest BCUT2D eigenvalue weighted by Crippen LogP contribution is -2.61. The highest BCUT2D eigenvalue weighted by Gasteiger charge is 2.62. The molecule has 1 N–H and O–H groups in total. The van der Waals surface area contributed by atoms with E-state index in [1.54, 1.807) is 7.05 Å². The van der Waals surface area contributed by atoms with Crippen LogP contribution in [0.3, 0.4) is 0 Å². The van der Waals surface area contributed by atoms with Crippen LogP contribution in [0.1, 0.15) is 89.7 Å².